The second-order valence-electron chi connectivity index (χ2n) is 7.30. The third-order valence-corrected chi connectivity index (χ3v) is 5.20. The Morgan fingerprint density at radius 3 is 2.32 bits per heavy atom. The number of nitrogens with one attached hydrogen (secondary N) is 1. The van der Waals surface area contributed by atoms with Crippen LogP contribution in [-0.4, -0.2) is 36.2 Å². The highest BCUT2D eigenvalue weighted by molar-refractivity contribution is 5.95. The van der Waals surface area contributed by atoms with Crippen LogP contribution in [0.2, 0.25) is 0 Å². The Kier molecular flexibility index (Phi) is 5.89. The number of nitrogens with zero attached hydrogens (tertiary/aromatic N) is 2. The quantitative estimate of drug-likeness (QED) is 0.484. The van der Waals surface area contributed by atoms with Gasteiger partial charge in [0.2, 0.25) is 0 Å². The first-order valence-electron chi connectivity index (χ1n) is 10.1. The monoisotopic (exact) mass is 415 g/mol. The van der Waals surface area contributed by atoms with Gasteiger partial charge in [-0.3, -0.25) is 4.79 Å². The smallest absolute Gasteiger partial charge is 0.251 e. The van der Waals surface area contributed by atoms with Crippen molar-refractivity contribution in [1.29, 1.82) is 0 Å². The number of fused-ring (bicyclic) bond motifs is 1. The first kappa shape index (κ1) is 20.5. The molecule has 0 saturated carbocycles. The summed E-state index contributed by atoms with van der Waals surface area (Å²) in [5.74, 6) is 1.86. The largest absolute Gasteiger partial charge is 0.497 e. The summed E-state index contributed by atoms with van der Waals surface area (Å²) in [6.07, 6.45) is 0. The maximum atomic E-state index is 12.7. The van der Waals surface area contributed by atoms with Crippen LogP contribution in [0.25, 0.3) is 22.4 Å². The predicted octanol–water partition coefficient (Wildman–Crippen LogP) is 4.46. The molecule has 158 valence electrons. The second-order valence-corrected chi connectivity index (χ2v) is 7.30. The molecule has 0 aliphatic carbocycles. The summed E-state index contributed by atoms with van der Waals surface area (Å²) in [6, 6.07) is 21.5. The Hall–Kier alpha value is -3.80. The average Bonchev–Trinajstić information content (AvgIpc) is 3.17. The fourth-order valence-corrected chi connectivity index (χ4v) is 3.55. The molecule has 0 aliphatic heterocycles. The van der Waals surface area contributed by atoms with Gasteiger partial charge < -0.3 is 19.4 Å². The molecule has 1 N–H and O–H groups in total. The van der Waals surface area contributed by atoms with Crippen molar-refractivity contribution >= 4 is 16.9 Å². The highest BCUT2D eigenvalue weighted by atomic mass is 16.5. The standard InChI is InChI=1S/C25H25N3O3/c1-17-8-10-18(11-9-17)24-27-22-6-4-5-7-23(22)28(24)13-12-26-25(29)19-14-20(30-2)16-21(15-19)31-3/h4-11,14-16H,12-13H2,1-3H3,(H,26,29). The predicted molar refractivity (Wildman–Crippen MR) is 122 cm³/mol. The Bertz CT molecular complexity index is 1190. The van der Waals surface area contributed by atoms with E-state index in [1.807, 2.05) is 18.2 Å². The average molecular weight is 415 g/mol. The van der Waals surface area contributed by atoms with E-state index >= 15 is 0 Å². The lowest BCUT2D eigenvalue weighted by atomic mass is 10.1. The number of para-hydroxylation sites is 2. The molecule has 0 unspecified atom stereocenters. The van der Waals surface area contributed by atoms with Crippen molar-refractivity contribution in [3.63, 3.8) is 0 Å². The zero-order chi connectivity index (χ0) is 21.8. The molecule has 1 heterocycles. The van der Waals surface area contributed by atoms with Crippen LogP contribution in [0.3, 0.4) is 0 Å². The van der Waals surface area contributed by atoms with Crippen molar-refractivity contribution in [2.24, 2.45) is 0 Å². The molecule has 6 nitrogen and oxygen atoms in total. The number of amides is 1. The van der Waals surface area contributed by atoms with Gasteiger partial charge in [-0.1, -0.05) is 42.0 Å². The SMILES string of the molecule is COc1cc(OC)cc(C(=O)NCCn2c(-c3ccc(C)cc3)nc3ccccc32)c1. The van der Waals surface area contributed by atoms with Crippen LogP contribution < -0.4 is 14.8 Å². The summed E-state index contributed by atoms with van der Waals surface area (Å²) in [6.45, 7) is 3.12. The lowest BCUT2D eigenvalue weighted by molar-refractivity contribution is 0.0951. The summed E-state index contributed by atoms with van der Waals surface area (Å²) in [4.78, 5) is 17.5. The summed E-state index contributed by atoms with van der Waals surface area (Å²) in [5, 5.41) is 2.99. The minimum absolute atomic E-state index is 0.182. The minimum Gasteiger partial charge on any atom is -0.497 e. The van der Waals surface area contributed by atoms with Gasteiger partial charge in [-0.05, 0) is 31.2 Å². The summed E-state index contributed by atoms with van der Waals surface area (Å²) in [5.41, 5.74) is 4.71. The van der Waals surface area contributed by atoms with Crippen molar-refractivity contribution in [3.05, 3.63) is 77.9 Å². The van der Waals surface area contributed by atoms with Crippen LogP contribution in [-0.2, 0) is 6.54 Å². The van der Waals surface area contributed by atoms with Gasteiger partial charge in [0.05, 0.1) is 25.3 Å². The number of hydrogen-bond acceptors (Lipinski definition) is 4. The molecular formula is C25H25N3O3. The molecule has 31 heavy (non-hydrogen) atoms. The highest BCUT2D eigenvalue weighted by Crippen LogP contribution is 2.25. The summed E-state index contributed by atoms with van der Waals surface area (Å²) in [7, 11) is 3.13. The number of ether oxygens (including phenoxy) is 2. The fourth-order valence-electron chi connectivity index (χ4n) is 3.55. The van der Waals surface area contributed by atoms with E-state index in [1.54, 1.807) is 32.4 Å². The number of methoxy groups -OCH3 is 2. The summed E-state index contributed by atoms with van der Waals surface area (Å²) < 4.78 is 12.7. The Morgan fingerprint density at radius 2 is 1.65 bits per heavy atom. The molecule has 4 rings (SSSR count). The molecular weight excluding hydrogens is 390 g/mol. The minimum atomic E-state index is -0.182. The van der Waals surface area contributed by atoms with Crippen molar-refractivity contribution in [2.75, 3.05) is 20.8 Å². The molecule has 3 aromatic carbocycles. The molecule has 4 aromatic rings. The zero-order valence-corrected chi connectivity index (χ0v) is 17.9. The van der Waals surface area contributed by atoms with Crippen LogP contribution in [0.4, 0.5) is 0 Å². The van der Waals surface area contributed by atoms with Crippen LogP contribution in [0.5, 0.6) is 11.5 Å². The van der Waals surface area contributed by atoms with Crippen LogP contribution >= 0.6 is 0 Å². The Balaban J connectivity index is 1.56. The van der Waals surface area contributed by atoms with Crippen molar-refractivity contribution in [2.45, 2.75) is 13.5 Å². The van der Waals surface area contributed by atoms with E-state index in [4.69, 9.17) is 14.5 Å². The van der Waals surface area contributed by atoms with Gasteiger partial charge in [0.15, 0.2) is 0 Å². The van der Waals surface area contributed by atoms with Crippen molar-refractivity contribution in [1.82, 2.24) is 14.9 Å². The number of aryl methyl sites for hydroxylation is 1. The molecule has 0 atom stereocenters. The van der Waals surface area contributed by atoms with E-state index in [0.717, 1.165) is 22.4 Å². The van der Waals surface area contributed by atoms with Crippen LogP contribution in [0, 0.1) is 6.92 Å². The molecule has 6 heteroatoms. The third-order valence-electron chi connectivity index (χ3n) is 5.20. The second kappa shape index (κ2) is 8.92. The first-order valence-corrected chi connectivity index (χ1v) is 10.1. The molecule has 0 aliphatic rings. The van der Waals surface area contributed by atoms with Gasteiger partial charge in [-0.25, -0.2) is 4.98 Å². The van der Waals surface area contributed by atoms with Crippen LogP contribution in [0.1, 0.15) is 15.9 Å². The van der Waals surface area contributed by atoms with E-state index < -0.39 is 0 Å². The van der Waals surface area contributed by atoms with Gasteiger partial charge in [0, 0.05) is 30.3 Å². The van der Waals surface area contributed by atoms with E-state index in [9.17, 15) is 4.79 Å². The van der Waals surface area contributed by atoms with Crippen molar-refractivity contribution < 1.29 is 14.3 Å². The van der Waals surface area contributed by atoms with E-state index in [0.29, 0.717) is 30.2 Å². The maximum absolute atomic E-state index is 12.7. The van der Waals surface area contributed by atoms with Crippen LogP contribution in [0.15, 0.2) is 66.7 Å². The summed E-state index contributed by atoms with van der Waals surface area (Å²) >= 11 is 0. The van der Waals surface area contributed by atoms with Gasteiger partial charge in [-0.15, -0.1) is 0 Å². The number of carbonyl (C=O) groups is 1. The first-order chi connectivity index (χ1) is 15.1. The molecule has 0 spiro atoms. The number of hydrogen-bond donors (Lipinski definition) is 1. The lowest BCUT2D eigenvalue weighted by Crippen LogP contribution is -2.27. The molecule has 1 aromatic heterocycles. The number of rotatable bonds is 7. The molecule has 0 bridgehead atoms. The zero-order valence-electron chi connectivity index (χ0n) is 17.9. The molecule has 0 saturated heterocycles. The molecule has 0 radical (unpaired) electrons. The van der Waals surface area contributed by atoms with E-state index in [2.05, 4.69) is 47.1 Å². The van der Waals surface area contributed by atoms with Gasteiger partial charge >= 0.3 is 0 Å². The maximum Gasteiger partial charge on any atom is 0.251 e. The topological polar surface area (TPSA) is 65.4 Å². The third kappa shape index (κ3) is 4.38. The normalized spacial score (nSPS) is 10.8. The Labute approximate surface area is 181 Å². The molecule has 1 amide bonds. The fraction of sp³-hybridized carbons (Fsp3) is 0.200. The molecule has 0 fully saturated rings. The lowest BCUT2D eigenvalue weighted by Gasteiger charge is -2.12. The number of carbonyl (C=O) groups excluding carboxylic acids is 1. The van der Waals surface area contributed by atoms with E-state index in [-0.39, 0.29) is 5.91 Å². The number of aromatic nitrogens is 2. The van der Waals surface area contributed by atoms with Gasteiger partial charge in [0.1, 0.15) is 17.3 Å². The highest BCUT2D eigenvalue weighted by Gasteiger charge is 2.14. The Morgan fingerprint density at radius 1 is 0.968 bits per heavy atom. The van der Waals surface area contributed by atoms with Gasteiger partial charge in [0.25, 0.3) is 5.91 Å². The number of imidazole rings is 1. The van der Waals surface area contributed by atoms with E-state index in [1.165, 1.54) is 5.56 Å². The van der Waals surface area contributed by atoms with Gasteiger partial charge in [-0.2, -0.15) is 0 Å². The van der Waals surface area contributed by atoms with Crippen molar-refractivity contribution in [3.8, 4) is 22.9 Å². The number of benzene rings is 3.